The quantitative estimate of drug-likeness (QED) is 0.652. The number of carbonyl (C=O) groups is 1. The number of rotatable bonds is 5. The number of nitrogens with zero attached hydrogens (tertiary/aromatic N) is 1. The van der Waals surface area contributed by atoms with Gasteiger partial charge in [0.25, 0.3) is 5.91 Å². The molecular formula is C18H24FN3O5S. The summed E-state index contributed by atoms with van der Waals surface area (Å²) in [5, 5.41) is 13.7. The number of carbonyl (C=O) groups excluding carboxylic acids is 1. The minimum Gasteiger partial charge on any atom is -0.506 e. The Bertz CT molecular complexity index is 886. The van der Waals surface area contributed by atoms with E-state index in [9.17, 15) is 18.3 Å². The van der Waals surface area contributed by atoms with Crippen molar-refractivity contribution >= 4 is 21.8 Å². The van der Waals surface area contributed by atoms with Crippen LogP contribution in [0.3, 0.4) is 0 Å². The zero-order chi connectivity index (χ0) is 19.9. The summed E-state index contributed by atoms with van der Waals surface area (Å²) in [4.78, 5) is 11.5. The van der Waals surface area contributed by atoms with E-state index in [0.29, 0.717) is 34.2 Å². The summed E-state index contributed by atoms with van der Waals surface area (Å²) in [7, 11) is -4.19. The Morgan fingerprint density at radius 3 is 2.89 bits per heavy atom. The maximum absolute atomic E-state index is 15.2. The van der Waals surface area contributed by atoms with Gasteiger partial charge in [0, 0.05) is 19.3 Å². The van der Waals surface area contributed by atoms with Gasteiger partial charge in [-0.3, -0.25) is 4.79 Å². The van der Waals surface area contributed by atoms with Gasteiger partial charge in [-0.1, -0.05) is 0 Å². The summed E-state index contributed by atoms with van der Waals surface area (Å²) in [5.41, 5.74) is 0.619. The third-order valence-electron chi connectivity index (χ3n) is 5.71. The first-order chi connectivity index (χ1) is 13.3. The molecule has 2 atom stereocenters. The fourth-order valence-electron chi connectivity index (χ4n) is 4.20. The number of phenolic OH excluding ortho intramolecular Hbond substituents is 1. The number of fused-ring (bicyclic) bond motifs is 1. The molecule has 2 heterocycles. The normalized spacial score (nSPS) is 26.3. The first-order valence-electron chi connectivity index (χ1n) is 9.53. The maximum atomic E-state index is 15.2. The number of aryl methyl sites for hydroxylation is 1. The van der Waals surface area contributed by atoms with Gasteiger partial charge in [-0.25, -0.2) is 13.4 Å². The number of halogens is 1. The number of aromatic hydroxyl groups is 1. The largest absolute Gasteiger partial charge is 0.506 e. The van der Waals surface area contributed by atoms with Crippen molar-refractivity contribution in [3.8, 4) is 5.75 Å². The molecule has 8 nitrogen and oxygen atoms in total. The van der Waals surface area contributed by atoms with Crippen molar-refractivity contribution in [3.63, 3.8) is 0 Å². The summed E-state index contributed by atoms with van der Waals surface area (Å²) < 4.78 is 47.1. The molecule has 0 radical (unpaired) electrons. The standard InChI is InChI=1S/C18H24FN3O5S/c19-17-14-8-13(20-5-3-11-4-6-27-10-11)2-1-12(14)7-15(23)18(17)22-9-16(24)21-28(22,25)26/h7,11,13,20,23H,1-6,8-10H2,(H,21,24)/t11?,13-/m1/s1. The van der Waals surface area contributed by atoms with E-state index in [1.165, 1.54) is 6.07 Å². The number of amides is 1. The monoisotopic (exact) mass is 413 g/mol. The van der Waals surface area contributed by atoms with Crippen LogP contribution in [0.4, 0.5) is 10.1 Å². The van der Waals surface area contributed by atoms with E-state index in [0.717, 1.165) is 39.0 Å². The molecule has 10 heteroatoms. The Kier molecular flexibility index (Phi) is 5.19. The van der Waals surface area contributed by atoms with Crippen molar-refractivity contribution in [2.24, 2.45) is 5.92 Å². The lowest BCUT2D eigenvalue weighted by Gasteiger charge is -2.28. The van der Waals surface area contributed by atoms with Gasteiger partial charge in [-0.2, -0.15) is 8.42 Å². The van der Waals surface area contributed by atoms with Gasteiger partial charge < -0.3 is 15.2 Å². The number of hydrogen-bond acceptors (Lipinski definition) is 6. The molecule has 3 aliphatic rings. The highest BCUT2D eigenvalue weighted by Crippen LogP contribution is 2.39. The number of phenols is 1. The predicted molar refractivity (Wildman–Crippen MR) is 99.8 cm³/mol. The average molecular weight is 413 g/mol. The summed E-state index contributed by atoms with van der Waals surface area (Å²) >= 11 is 0. The van der Waals surface area contributed by atoms with Crippen LogP contribution in [0.2, 0.25) is 0 Å². The van der Waals surface area contributed by atoms with Gasteiger partial charge in [0.05, 0.1) is 0 Å². The molecule has 4 rings (SSSR count). The van der Waals surface area contributed by atoms with Crippen LogP contribution in [0.15, 0.2) is 6.07 Å². The average Bonchev–Trinajstić information content (AvgIpc) is 3.23. The van der Waals surface area contributed by atoms with Crippen LogP contribution in [-0.4, -0.2) is 51.8 Å². The summed E-state index contributed by atoms with van der Waals surface area (Å²) in [5.74, 6) is -1.43. The summed E-state index contributed by atoms with van der Waals surface area (Å²) in [6.07, 6.45) is 3.89. The second kappa shape index (κ2) is 7.49. The molecule has 0 bridgehead atoms. The number of ether oxygens (including phenoxy) is 1. The molecule has 1 amide bonds. The molecule has 28 heavy (non-hydrogen) atoms. The smallest absolute Gasteiger partial charge is 0.326 e. The number of benzene rings is 1. The van der Waals surface area contributed by atoms with E-state index >= 15 is 4.39 Å². The molecule has 0 aromatic heterocycles. The Balaban J connectivity index is 1.51. The summed E-state index contributed by atoms with van der Waals surface area (Å²) in [6, 6.07) is 1.50. The Labute approximate surface area is 163 Å². The molecule has 1 aromatic rings. The van der Waals surface area contributed by atoms with Crippen LogP contribution in [0.1, 0.15) is 30.4 Å². The first kappa shape index (κ1) is 19.4. The molecule has 0 saturated carbocycles. The Morgan fingerprint density at radius 1 is 1.39 bits per heavy atom. The number of anilines is 1. The first-order valence-corrected chi connectivity index (χ1v) is 11.0. The molecule has 1 unspecified atom stereocenters. The van der Waals surface area contributed by atoms with E-state index < -0.39 is 39.9 Å². The van der Waals surface area contributed by atoms with Crippen LogP contribution in [0, 0.1) is 11.7 Å². The van der Waals surface area contributed by atoms with Crippen molar-refractivity contribution in [1.29, 1.82) is 0 Å². The Morgan fingerprint density at radius 2 is 2.21 bits per heavy atom. The molecule has 154 valence electrons. The van der Waals surface area contributed by atoms with E-state index in [1.807, 2.05) is 0 Å². The fraction of sp³-hybridized carbons (Fsp3) is 0.611. The predicted octanol–water partition coefficient (Wildman–Crippen LogP) is 0.586. The molecule has 2 fully saturated rings. The van der Waals surface area contributed by atoms with Gasteiger partial charge in [0.2, 0.25) is 0 Å². The van der Waals surface area contributed by atoms with Gasteiger partial charge in [-0.05, 0) is 61.8 Å². The maximum Gasteiger partial charge on any atom is 0.326 e. The van der Waals surface area contributed by atoms with Crippen molar-refractivity contribution in [1.82, 2.24) is 10.0 Å². The highest BCUT2D eigenvalue weighted by Gasteiger charge is 2.39. The lowest BCUT2D eigenvalue weighted by Crippen LogP contribution is -2.37. The number of hydrogen-bond donors (Lipinski definition) is 3. The van der Waals surface area contributed by atoms with Crippen molar-refractivity contribution in [2.75, 3.05) is 30.6 Å². The van der Waals surface area contributed by atoms with Gasteiger partial charge in [0.15, 0.2) is 5.82 Å². The highest BCUT2D eigenvalue weighted by atomic mass is 32.2. The van der Waals surface area contributed by atoms with E-state index in [-0.39, 0.29) is 6.04 Å². The highest BCUT2D eigenvalue weighted by molar-refractivity contribution is 7.92. The van der Waals surface area contributed by atoms with E-state index in [1.54, 1.807) is 4.72 Å². The third-order valence-corrected chi connectivity index (χ3v) is 7.08. The topological polar surface area (TPSA) is 108 Å². The zero-order valence-electron chi connectivity index (χ0n) is 15.4. The SMILES string of the molecule is O=C1CN(c2c(O)cc3c(c2F)C[C@H](NCCC2CCOC2)CC3)S(=O)(=O)N1. The number of nitrogens with one attached hydrogen (secondary N) is 2. The van der Waals surface area contributed by atoms with Gasteiger partial charge in [-0.15, -0.1) is 0 Å². The fourth-order valence-corrected chi connectivity index (χ4v) is 5.36. The minimum atomic E-state index is -4.19. The van der Waals surface area contributed by atoms with Crippen LogP contribution in [0.5, 0.6) is 5.75 Å². The molecule has 1 aliphatic carbocycles. The van der Waals surface area contributed by atoms with Gasteiger partial charge >= 0.3 is 10.2 Å². The molecule has 2 aliphatic heterocycles. The van der Waals surface area contributed by atoms with E-state index in [2.05, 4.69) is 5.32 Å². The van der Waals surface area contributed by atoms with Crippen LogP contribution in [0.25, 0.3) is 0 Å². The van der Waals surface area contributed by atoms with Crippen LogP contribution >= 0.6 is 0 Å². The molecule has 3 N–H and O–H groups in total. The molecule has 2 saturated heterocycles. The Hall–Kier alpha value is -1.91. The molecular weight excluding hydrogens is 389 g/mol. The lowest BCUT2D eigenvalue weighted by molar-refractivity contribution is -0.117. The van der Waals surface area contributed by atoms with Gasteiger partial charge in [0.1, 0.15) is 18.0 Å². The third kappa shape index (κ3) is 3.68. The van der Waals surface area contributed by atoms with Crippen molar-refractivity contribution < 1.29 is 27.4 Å². The molecule has 1 aromatic carbocycles. The minimum absolute atomic E-state index is 0.0802. The second-order valence-electron chi connectivity index (χ2n) is 7.65. The summed E-state index contributed by atoms with van der Waals surface area (Å²) in [6.45, 7) is 1.88. The van der Waals surface area contributed by atoms with Crippen LogP contribution in [-0.2, 0) is 32.6 Å². The molecule has 0 spiro atoms. The van der Waals surface area contributed by atoms with Crippen LogP contribution < -0.4 is 14.3 Å². The van der Waals surface area contributed by atoms with Crippen molar-refractivity contribution in [2.45, 2.75) is 38.1 Å². The zero-order valence-corrected chi connectivity index (χ0v) is 16.2. The lowest BCUT2D eigenvalue weighted by atomic mass is 9.87. The van der Waals surface area contributed by atoms with Crippen molar-refractivity contribution in [3.05, 3.63) is 23.0 Å². The second-order valence-corrected chi connectivity index (χ2v) is 9.24. The van der Waals surface area contributed by atoms with E-state index in [4.69, 9.17) is 4.74 Å².